The summed E-state index contributed by atoms with van der Waals surface area (Å²) in [5.41, 5.74) is 3.94. The standard InChI is InChI=1S/C34H42ClN3O5.ClH/c1-5-38(6-2)18-7-19-43-30-21-24(9-12-28(30)35)31-27(26-10-8-22(3)20-23(26)4)11-13-29(36-31)32(40)37-34(33(41)42)16-14-25(39)15-17-34;/h8-13,20-21,25,39H,5-7,14-19H2,1-4H3,(H,37,40)(H,41,42);1H. The van der Waals surface area contributed by atoms with Crippen LogP contribution in [0.1, 0.15) is 67.6 Å². The van der Waals surface area contributed by atoms with Crippen molar-refractivity contribution in [1.29, 1.82) is 0 Å². The van der Waals surface area contributed by atoms with E-state index in [0.717, 1.165) is 53.9 Å². The molecule has 1 aliphatic rings. The summed E-state index contributed by atoms with van der Waals surface area (Å²) < 4.78 is 6.10. The molecule has 1 aliphatic carbocycles. The molecular weight excluding hydrogens is 601 g/mol. The molecule has 1 saturated carbocycles. The number of carboxylic acids is 1. The Balaban J connectivity index is 0.00000529. The first-order chi connectivity index (χ1) is 20.6. The molecule has 0 radical (unpaired) electrons. The molecule has 0 aliphatic heterocycles. The largest absolute Gasteiger partial charge is 0.492 e. The van der Waals surface area contributed by atoms with E-state index in [0.29, 0.717) is 35.9 Å². The number of rotatable bonds is 12. The molecule has 0 spiro atoms. The van der Waals surface area contributed by atoms with Crippen LogP contribution in [0.4, 0.5) is 0 Å². The Hall–Kier alpha value is -3.17. The summed E-state index contributed by atoms with van der Waals surface area (Å²) in [6, 6.07) is 15.1. The summed E-state index contributed by atoms with van der Waals surface area (Å²) in [5.74, 6) is -1.15. The Morgan fingerprint density at radius 1 is 1.05 bits per heavy atom. The Kier molecular flexibility index (Phi) is 12.6. The monoisotopic (exact) mass is 643 g/mol. The Labute approximate surface area is 271 Å². The van der Waals surface area contributed by atoms with Crippen LogP contribution in [0.15, 0.2) is 48.5 Å². The van der Waals surface area contributed by atoms with Crippen LogP contribution in [-0.4, -0.2) is 69.9 Å². The second-order valence-electron chi connectivity index (χ2n) is 11.4. The number of halogens is 2. The molecule has 3 N–H and O–H groups in total. The molecule has 0 unspecified atom stereocenters. The van der Waals surface area contributed by atoms with E-state index in [1.54, 1.807) is 12.1 Å². The number of aliphatic hydroxyl groups is 1. The van der Waals surface area contributed by atoms with Crippen molar-refractivity contribution < 1.29 is 24.5 Å². The predicted octanol–water partition coefficient (Wildman–Crippen LogP) is 6.71. The third-order valence-electron chi connectivity index (χ3n) is 8.35. The van der Waals surface area contributed by atoms with E-state index in [1.807, 2.05) is 44.2 Å². The van der Waals surface area contributed by atoms with Gasteiger partial charge in [0.15, 0.2) is 0 Å². The van der Waals surface area contributed by atoms with Gasteiger partial charge in [-0.2, -0.15) is 0 Å². The van der Waals surface area contributed by atoms with E-state index in [2.05, 4.69) is 30.1 Å². The molecule has 3 aromatic rings. The fraction of sp³-hybridized carbons (Fsp3) is 0.441. The predicted molar refractivity (Wildman–Crippen MR) is 177 cm³/mol. The van der Waals surface area contributed by atoms with Crippen molar-refractivity contribution in [2.45, 2.75) is 71.4 Å². The topological polar surface area (TPSA) is 112 Å². The van der Waals surface area contributed by atoms with E-state index in [1.165, 1.54) is 0 Å². The van der Waals surface area contributed by atoms with Crippen molar-refractivity contribution in [2.24, 2.45) is 0 Å². The molecule has 4 rings (SSSR count). The number of aromatic nitrogens is 1. The molecule has 1 aromatic heterocycles. The first kappa shape index (κ1) is 35.3. The Bertz CT molecular complexity index is 1450. The van der Waals surface area contributed by atoms with Crippen LogP contribution < -0.4 is 10.1 Å². The van der Waals surface area contributed by atoms with E-state index in [4.69, 9.17) is 21.3 Å². The number of pyridine rings is 1. The van der Waals surface area contributed by atoms with Gasteiger partial charge in [0.25, 0.3) is 5.91 Å². The zero-order valence-corrected chi connectivity index (χ0v) is 27.4. The number of ether oxygens (including phenoxy) is 1. The lowest BCUT2D eigenvalue weighted by molar-refractivity contribution is -0.146. The second kappa shape index (κ2) is 15.7. The summed E-state index contributed by atoms with van der Waals surface area (Å²) in [6.07, 6.45) is 1.19. The fourth-order valence-electron chi connectivity index (χ4n) is 5.68. The van der Waals surface area contributed by atoms with Gasteiger partial charge >= 0.3 is 5.97 Å². The summed E-state index contributed by atoms with van der Waals surface area (Å²) in [7, 11) is 0. The first-order valence-corrected chi connectivity index (χ1v) is 15.4. The molecule has 0 saturated heterocycles. The highest BCUT2D eigenvalue weighted by Crippen LogP contribution is 2.37. The molecule has 10 heteroatoms. The maximum Gasteiger partial charge on any atom is 0.329 e. The lowest BCUT2D eigenvalue weighted by Gasteiger charge is -2.35. The van der Waals surface area contributed by atoms with Crippen molar-refractivity contribution in [3.8, 4) is 28.1 Å². The number of amides is 1. The minimum absolute atomic E-state index is 0. The van der Waals surface area contributed by atoms with Gasteiger partial charge in [-0.15, -0.1) is 12.4 Å². The zero-order chi connectivity index (χ0) is 31.1. The van der Waals surface area contributed by atoms with E-state index < -0.39 is 23.5 Å². The van der Waals surface area contributed by atoms with E-state index in [9.17, 15) is 19.8 Å². The van der Waals surface area contributed by atoms with Crippen molar-refractivity contribution in [3.05, 3.63) is 70.4 Å². The molecule has 238 valence electrons. The molecule has 0 bridgehead atoms. The van der Waals surface area contributed by atoms with Crippen LogP contribution in [0.5, 0.6) is 5.75 Å². The van der Waals surface area contributed by atoms with Crippen LogP contribution in [0, 0.1) is 13.8 Å². The molecule has 1 heterocycles. The number of carboxylic acid groups (broad SMARTS) is 1. The molecule has 0 atom stereocenters. The molecule has 1 fully saturated rings. The number of nitrogens with one attached hydrogen (secondary N) is 1. The third-order valence-corrected chi connectivity index (χ3v) is 8.66. The minimum Gasteiger partial charge on any atom is -0.492 e. The van der Waals surface area contributed by atoms with Crippen molar-refractivity contribution in [2.75, 3.05) is 26.2 Å². The van der Waals surface area contributed by atoms with Gasteiger partial charge < -0.3 is 25.2 Å². The van der Waals surface area contributed by atoms with Crippen molar-refractivity contribution in [1.82, 2.24) is 15.2 Å². The Morgan fingerprint density at radius 3 is 2.36 bits per heavy atom. The van der Waals surface area contributed by atoms with Gasteiger partial charge in [-0.05, 0) is 94.4 Å². The Morgan fingerprint density at radius 2 is 1.73 bits per heavy atom. The smallest absolute Gasteiger partial charge is 0.329 e. The maximum absolute atomic E-state index is 13.5. The number of hydrogen-bond acceptors (Lipinski definition) is 6. The first-order valence-electron chi connectivity index (χ1n) is 15.0. The van der Waals surface area contributed by atoms with Gasteiger partial charge in [-0.3, -0.25) is 4.79 Å². The van der Waals surface area contributed by atoms with Crippen LogP contribution in [-0.2, 0) is 4.79 Å². The van der Waals surface area contributed by atoms with Crippen molar-refractivity contribution >= 4 is 35.9 Å². The number of aliphatic hydroxyl groups excluding tert-OH is 1. The van der Waals surface area contributed by atoms with Crippen LogP contribution in [0.3, 0.4) is 0 Å². The summed E-state index contributed by atoms with van der Waals surface area (Å²) in [6.45, 7) is 11.8. The fourth-order valence-corrected chi connectivity index (χ4v) is 5.85. The second-order valence-corrected chi connectivity index (χ2v) is 11.8. The number of carbonyl (C=O) groups excluding carboxylic acids is 1. The van der Waals surface area contributed by atoms with Crippen LogP contribution >= 0.6 is 24.0 Å². The van der Waals surface area contributed by atoms with E-state index >= 15 is 0 Å². The lowest BCUT2D eigenvalue weighted by atomic mass is 9.80. The minimum atomic E-state index is -1.45. The van der Waals surface area contributed by atoms with Gasteiger partial charge in [0, 0.05) is 17.7 Å². The number of nitrogens with zero attached hydrogens (tertiary/aromatic N) is 2. The zero-order valence-electron chi connectivity index (χ0n) is 25.9. The normalized spacial score (nSPS) is 18.0. The summed E-state index contributed by atoms with van der Waals surface area (Å²) in [4.78, 5) is 32.9. The highest BCUT2D eigenvalue weighted by molar-refractivity contribution is 6.32. The van der Waals surface area contributed by atoms with Gasteiger partial charge in [0.05, 0.1) is 23.4 Å². The number of carbonyl (C=O) groups is 2. The molecule has 8 nitrogen and oxygen atoms in total. The number of aliphatic carboxylic acids is 1. The average Bonchev–Trinajstić information content (AvgIpc) is 2.99. The molecule has 44 heavy (non-hydrogen) atoms. The van der Waals surface area contributed by atoms with Crippen LogP contribution in [0.25, 0.3) is 22.4 Å². The van der Waals surface area contributed by atoms with Gasteiger partial charge in [0.1, 0.15) is 17.0 Å². The van der Waals surface area contributed by atoms with Gasteiger partial charge in [-0.1, -0.05) is 55.3 Å². The highest BCUT2D eigenvalue weighted by Gasteiger charge is 2.43. The van der Waals surface area contributed by atoms with Crippen LogP contribution in [0.2, 0.25) is 5.02 Å². The summed E-state index contributed by atoms with van der Waals surface area (Å²) in [5, 5.41) is 23.2. The number of aryl methyl sites for hydroxylation is 2. The van der Waals surface area contributed by atoms with E-state index in [-0.39, 0.29) is 30.9 Å². The summed E-state index contributed by atoms with van der Waals surface area (Å²) >= 11 is 6.53. The molecule has 1 amide bonds. The SMILES string of the molecule is CCN(CC)CCCOc1cc(-c2nc(C(=O)NC3(C(=O)O)CCC(O)CC3)ccc2-c2ccc(C)cc2C)ccc1Cl.Cl. The van der Waals surface area contributed by atoms with Gasteiger partial charge in [-0.25, -0.2) is 9.78 Å². The average molecular weight is 645 g/mol. The molecule has 2 aromatic carbocycles. The highest BCUT2D eigenvalue weighted by atomic mass is 35.5. The lowest BCUT2D eigenvalue weighted by Crippen LogP contribution is -2.57. The molecular formula is C34H43Cl2N3O5. The van der Waals surface area contributed by atoms with Crippen molar-refractivity contribution in [3.63, 3.8) is 0 Å². The number of benzene rings is 2. The third kappa shape index (κ3) is 8.30. The quantitative estimate of drug-likeness (QED) is 0.188. The maximum atomic E-state index is 13.5. The van der Waals surface area contributed by atoms with Gasteiger partial charge in [0.2, 0.25) is 0 Å². The number of hydrogen-bond donors (Lipinski definition) is 3.